The molecule has 1 fully saturated rings. The number of benzene rings is 2. The number of nitrogens with zero attached hydrogens (tertiary/aromatic N) is 2. The Kier molecular flexibility index (Phi) is 5.46. The topological polar surface area (TPSA) is 90.9 Å². The monoisotopic (exact) mass is 398 g/mol. The highest BCUT2D eigenvalue weighted by Gasteiger charge is 2.46. The molecule has 1 aliphatic rings. The Morgan fingerprint density at radius 3 is 2.68 bits per heavy atom. The van der Waals surface area contributed by atoms with Gasteiger partial charge in [0.05, 0.1) is 16.8 Å². The van der Waals surface area contributed by atoms with Crippen molar-refractivity contribution >= 4 is 41.3 Å². The maximum Gasteiger partial charge on any atom is 0.346 e. The van der Waals surface area contributed by atoms with Gasteiger partial charge in [0.2, 0.25) is 0 Å². The Morgan fingerprint density at radius 1 is 1.25 bits per heavy atom. The van der Waals surface area contributed by atoms with Crippen LogP contribution in [0, 0.1) is 0 Å². The molecule has 7 nitrogen and oxygen atoms in total. The molecule has 2 aromatic rings. The van der Waals surface area contributed by atoms with Crippen LogP contribution in [0.15, 0.2) is 53.6 Å². The number of urea groups is 1. The SMILES string of the molecule is CCC1(C)NC(=O)N(/N=C/c2cccc(NC(=O)c3ccccc3Cl)c2)C1=O. The Bertz CT molecular complexity index is 975. The second-order valence-corrected chi connectivity index (χ2v) is 6.94. The molecule has 0 spiro atoms. The van der Waals surface area contributed by atoms with E-state index in [1.165, 1.54) is 6.21 Å². The van der Waals surface area contributed by atoms with Crippen LogP contribution in [-0.4, -0.2) is 34.6 Å². The largest absolute Gasteiger partial charge is 0.346 e. The lowest BCUT2D eigenvalue weighted by Gasteiger charge is -2.17. The summed E-state index contributed by atoms with van der Waals surface area (Å²) in [6.07, 6.45) is 1.86. The molecule has 8 heteroatoms. The Labute approximate surface area is 167 Å². The van der Waals surface area contributed by atoms with Gasteiger partial charge >= 0.3 is 6.03 Å². The minimum absolute atomic E-state index is 0.340. The van der Waals surface area contributed by atoms with Crippen molar-refractivity contribution in [1.82, 2.24) is 10.3 Å². The van der Waals surface area contributed by atoms with E-state index in [9.17, 15) is 14.4 Å². The Hall–Kier alpha value is -3.19. The Morgan fingerprint density at radius 2 is 2.00 bits per heavy atom. The van der Waals surface area contributed by atoms with Crippen LogP contribution in [0.3, 0.4) is 0 Å². The summed E-state index contributed by atoms with van der Waals surface area (Å²) >= 11 is 6.04. The number of hydrogen-bond acceptors (Lipinski definition) is 4. The summed E-state index contributed by atoms with van der Waals surface area (Å²) in [7, 11) is 0. The first-order valence-corrected chi connectivity index (χ1v) is 9.08. The lowest BCUT2D eigenvalue weighted by molar-refractivity contribution is -0.130. The third-order valence-corrected chi connectivity index (χ3v) is 4.86. The molecule has 0 aromatic heterocycles. The van der Waals surface area contributed by atoms with Gasteiger partial charge in [-0.1, -0.05) is 42.8 Å². The summed E-state index contributed by atoms with van der Waals surface area (Å²) in [4.78, 5) is 36.7. The predicted molar refractivity (Wildman–Crippen MR) is 108 cm³/mol. The fourth-order valence-electron chi connectivity index (χ4n) is 2.68. The number of rotatable bonds is 5. The van der Waals surface area contributed by atoms with Gasteiger partial charge in [-0.2, -0.15) is 5.10 Å². The van der Waals surface area contributed by atoms with Crippen molar-refractivity contribution in [2.45, 2.75) is 25.8 Å². The predicted octanol–water partition coefficient (Wildman–Crippen LogP) is 3.65. The molecule has 144 valence electrons. The van der Waals surface area contributed by atoms with E-state index in [2.05, 4.69) is 15.7 Å². The van der Waals surface area contributed by atoms with E-state index < -0.39 is 17.5 Å². The normalized spacial score (nSPS) is 19.2. The summed E-state index contributed by atoms with van der Waals surface area (Å²) in [5.74, 6) is -0.744. The van der Waals surface area contributed by atoms with Crippen molar-refractivity contribution in [3.8, 4) is 0 Å². The van der Waals surface area contributed by atoms with Crippen LogP contribution < -0.4 is 10.6 Å². The van der Waals surface area contributed by atoms with Crippen LogP contribution >= 0.6 is 11.6 Å². The lowest BCUT2D eigenvalue weighted by atomic mass is 10.00. The molecule has 28 heavy (non-hydrogen) atoms. The van der Waals surface area contributed by atoms with Crippen molar-refractivity contribution in [1.29, 1.82) is 0 Å². The smallest absolute Gasteiger partial charge is 0.322 e. The van der Waals surface area contributed by atoms with Crippen molar-refractivity contribution in [3.63, 3.8) is 0 Å². The van der Waals surface area contributed by atoms with Crippen LogP contribution in [-0.2, 0) is 4.79 Å². The average Bonchev–Trinajstić information content (AvgIpc) is 2.89. The number of halogens is 1. The summed E-state index contributed by atoms with van der Waals surface area (Å²) < 4.78 is 0. The molecule has 1 aliphatic heterocycles. The summed E-state index contributed by atoms with van der Waals surface area (Å²) in [5, 5.41) is 10.6. The molecule has 1 unspecified atom stereocenters. The van der Waals surface area contributed by atoms with Gasteiger partial charge < -0.3 is 10.6 Å². The molecule has 0 saturated carbocycles. The number of nitrogens with one attached hydrogen (secondary N) is 2. The zero-order valence-electron chi connectivity index (χ0n) is 15.4. The molecule has 1 heterocycles. The molecule has 0 radical (unpaired) electrons. The molecule has 2 aromatic carbocycles. The van der Waals surface area contributed by atoms with Gasteiger partial charge in [-0.15, -0.1) is 5.01 Å². The number of carbonyl (C=O) groups is 3. The number of hydrazone groups is 1. The first kappa shape index (κ1) is 19.6. The van der Waals surface area contributed by atoms with Crippen LogP contribution in [0.4, 0.5) is 10.5 Å². The lowest BCUT2D eigenvalue weighted by Crippen LogP contribution is -2.42. The minimum Gasteiger partial charge on any atom is -0.322 e. The minimum atomic E-state index is -0.945. The highest BCUT2D eigenvalue weighted by atomic mass is 35.5. The molecule has 2 N–H and O–H groups in total. The maximum atomic E-state index is 12.4. The van der Waals surface area contributed by atoms with Gasteiger partial charge in [-0.25, -0.2) is 4.79 Å². The third kappa shape index (κ3) is 3.89. The number of hydrogen-bond donors (Lipinski definition) is 2. The molecule has 1 saturated heterocycles. The van der Waals surface area contributed by atoms with Gasteiger partial charge in [0.1, 0.15) is 5.54 Å². The van der Waals surface area contributed by atoms with Crippen molar-refractivity contribution < 1.29 is 14.4 Å². The van der Waals surface area contributed by atoms with Crippen molar-refractivity contribution in [2.24, 2.45) is 5.10 Å². The zero-order chi connectivity index (χ0) is 20.3. The fraction of sp³-hybridized carbons (Fsp3) is 0.200. The quantitative estimate of drug-likeness (QED) is 0.595. The summed E-state index contributed by atoms with van der Waals surface area (Å²) in [6, 6.07) is 13.0. The zero-order valence-corrected chi connectivity index (χ0v) is 16.2. The van der Waals surface area contributed by atoms with Gasteiger partial charge in [0, 0.05) is 5.69 Å². The van der Waals surface area contributed by atoms with E-state index in [0.29, 0.717) is 28.3 Å². The molecule has 4 amide bonds. The molecular weight excluding hydrogens is 380 g/mol. The number of anilines is 1. The van der Waals surface area contributed by atoms with Gasteiger partial charge in [-0.3, -0.25) is 9.59 Å². The Balaban J connectivity index is 1.74. The number of carbonyl (C=O) groups excluding carboxylic acids is 3. The average molecular weight is 399 g/mol. The first-order valence-electron chi connectivity index (χ1n) is 8.70. The van der Waals surface area contributed by atoms with E-state index in [0.717, 1.165) is 5.01 Å². The van der Waals surface area contributed by atoms with Crippen LogP contribution in [0.2, 0.25) is 5.02 Å². The van der Waals surface area contributed by atoms with Gasteiger partial charge in [0.25, 0.3) is 11.8 Å². The van der Waals surface area contributed by atoms with Gasteiger partial charge in [0.15, 0.2) is 0 Å². The van der Waals surface area contributed by atoms with E-state index >= 15 is 0 Å². The summed E-state index contributed by atoms with van der Waals surface area (Å²) in [5.41, 5.74) is 0.563. The van der Waals surface area contributed by atoms with Crippen LogP contribution in [0.1, 0.15) is 36.2 Å². The standard InChI is InChI=1S/C20H19ClN4O3/c1-3-20(2)18(27)25(19(28)24-20)22-12-13-7-6-8-14(11-13)23-17(26)15-9-4-5-10-16(15)21/h4-12H,3H2,1-2H3,(H,23,26)(H,24,28)/b22-12+. The molecule has 3 rings (SSSR count). The highest BCUT2D eigenvalue weighted by molar-refractivity contribution is 6.34. The van der Waals surface area contributed by atoms with Crippen molar-refractivity contribution in [3.05, 3.63) is 64.7 Å². The molecule has 0 aliphatic carbocycles. The van der Waals surface area contributed by atoms with E-state index in [1.54, 1.807) is 55.5 Å². The maximum absolute atomic E-state index is 12.4. The van der Waals surface area contributed by atoms with Crippen LogP contribution in [0.25, 0.3) is 0 Å². The number of amides is 4. The summed E-state index contributed by atoms with van der Waals surface area (Å²) in [6.45, 7) is 3.48. The second kappa shape index (κ2) is 7.82. The second-order valence-electron chi connectivity index (χ2n) is 6.54. The highest BCUT2D eigenvalue weighted by Crippen LogP contribution is 2.21. The van der Waals surface area contributed by atoms with Crippen molar-refractivity contribution in [2.75, 3.05) is 5.32 Å². The first-order chi connectivity index (χ1) is 13.3. The van der Waals surface area contributed by atoms with E-state index in [4.69, 9.17) is 11.6 Å². The van der Waals surface area contributed by atoms with Crippen LogP contribution in [0.5, 0.6) is 0 Å². The number of imide groups is 1. The fourth-order valence-corrected chi connectivity index (χ4v) is 2.90. The molecular formula is C20H19ClN4O3. The molecule has 1 atom stereocenters. The third-order valence-electron chi connectivity index (χ3n) is 4.53. The van der Waals surface area contributed by atoms with E-state index in [-0.39, 0.29) is 5.91 Å². The molecule has 0 bridgehead atoms. The van der Waals surface area contributed by atoms with Gasteiger partial charge in [-0.05, 0) is 43.2 Å². The van der Waals surface area contributed by atoms with E-state index in [1.807, 2.05) is 6.92 Å².